The van der Waals surface area contributed by atoms with E-state index in [9.17, 15) is 4.79 Å². The molecule has 0 aromatic carbocycles. The van der Waals surface area contributed by atoms with Gasteiger partial charge in [-0.15, -0.1) is 5.10 Å². The Labute approximate surface area is 85.5 Å². The van der Waals surface area contributed by atoms with Crippen molar-refractivity contribution in [3.63, 3.8) is 0 Å². The van der Waals surface area contributed by atoms with Crippen molar-refractivity contribution >= 4 is 17.4 Å². The first-order chi connectivity index (χ1) is 6.83. The Hall–Kier alpha value is -1.01. The molecule has 0 aliphatic heterocycles. The number of aliphatic hydroxyl groups is 1. The van der Waals surface area contributed by atoms with Gasteiger partial charge in [0.2, 0.25) is 0 Å². The summed E-state index contributed by atoms with van der Waals surface area (Å²) in [5, 5.41) is 14.2. The van der Waals surface area contributed by atoms with Crippen molar-refractivity contribution < 1.29 is 9.90 Å². The van der Waals surface area contributed by atoms with Crippen molar-refractivity contribution in [2.45, 2.75) is 18.9 Å². The minimum Gasteiger partial charge on any atom is -0.395 e. The van der Waals surface area contributed by atoms with Gasteiger partial charge < -0.3 is 10.0 Å². The number of carbonyl (C=O) groups excluding carboxylic acids is 1. The third kappa shape index (κ3) is 1.91. The largest absolute Gasteiger partial charge is 0.395 e. The zero-order valence-electron chi connectivity index (χ0n) is 7.59. The highest BCUT2D eigenvalue weighted by Crippen LogP contribution is 2.27. The molecular formula is C8H11N3O2S. The molecule has 1 N–H and O–H groups in total. The summed E-state index contributed by atoms with van der Waals surface area (Å²) in [6.07, 6.45) is 2.06. The van der Waals surface area contributed by atoms with Gasteiger partial charge in [0.1, 0.15) is 0 Å². The monoisotopic (exact) mass is 213 g/mol. The van der Waals surface area contributed by atoms with Crippen LogP contribution in [0.2, 0.25) is 0 Å². The Bertz CT molecular complexity index is 310. The van der Waals surface area contributed by atoms with Crippen LogP contribution >= 0.6 is 11.5 Å². The van der Waals surface area contributed by atoms with Crippen LogP contribution < -0.4 is 0 Å². The van der Waals surface area contributed by atoms with Gasteiger partial charge in [-0.3, -0.25) is 4.79 Å². The number of hydrogen-bond donors (Lipinski definition) is 1. The number of nitrogens with zero attached hydrogens (tertiary/aromatic N) is 3. The van der Waals surface area contributed by atoms with Gasteiger partial charge in [0.25, 0.3) is 5.91 Å². The maximum absolute atomic E-state index is 11.8. The van der Waals surface area contributed by atoms with Crippen LogP contribution in [0, 0.1) is 0 Å². The Morgan fingerprint density at radius 3 is 3.00 bits per heavy atom. The zero-order chi connectivity index (χ0) is 9.97. The molecule has 5 nitrogen and oxygen atoms in total. The molecule has 1 aromatic rings. The fraction of sp³-hybridized carbons (Fsp3) is 0.625. The molecule has 14 heavy (non-hydrogen) atoms. The molecule has 1 aliphatic rings. The van der Waals surface area contributed by atoms with Gasteiger partial charge in [0, 0.05) is 18.0 Å². The number of amides is 1. The molecule has 1 saturated carbocycles. The molecule has 0 unspecified atom stereocenters. The van der Waals surface area contributed by atoms with Crippen LogP contribution in [0.15, 0.2) is 5.38 Å². The van der Waals surface area contributed by atoms with Gasteiger partial charge in [-0.25, -0.2) is 0 Å². The van der Waals surface area contributed by atoms with E-state index in [0.29, 0.717) is 18.3 Å². The van der Waals surface area contributed by atoms with E-state index in [1.165, 1.54) is 0 Å². The van der Waals surface area contributed by atoms with Gasteiger partial charge in [0.05, 0.1) is 6.61 Å². The van der Waals surface area contributed by atoms with E-state index >= 15 is 0 Å². The lowest BCUT2D eigenvalue weighted by molar-refractivity contribution is 0.0701. The number of aliphatic hydroxyl groups excluding tert-OH is 1. The Balaban J connectivity index is 2.07. The van der Waals surface area contributed by atoms with Crippen molar-refractivity contribution in [1.82, 2.24) is 14.5 Å². The number of aromatic nitrogens is 2. The summed E-state index contributed by atoms with van der Waals surface area (Å²) in [7, 11) is 0. The molecule has 0 bridgehead atoms. The van der Waals surface area contributed by atoms with Crippen LogP contribution in [0.1, 0.15) is 23.3 Å². The smallest absolute Gasteiger partial charge is 0.275 e. The van der Waals surface area contributed by atoms with E-state index in [0.717, 1.165) is 24.4 Å². The second-order valence-electron chi connectivity index (χ2n) is 3.24. The van der Waals surface area contributed by atoms with Gasteiger partial charge in [-0.2, -0.15) is 0 Å². The minimum absolute atomic E-state index is 0.000193. The zero-order valence-corrected chi connectivity index (χ0v) is 8.40. The van der Waals surface area contributed by atoms with Gasteiger partial charge in [-0.1, -0.05) is 4.49 Å². The van der Waals surface area contributed by atoms with Crippen molar-refractivity contribution in [2.24, 2.45) is 0 Å². The van der Waals surface area contributed by atoms with E-state index in [4.69, 9.17) is 5.11 Å². The summed E-state index contributed by atoms with van der Waals surface area (Å²) in [4.78, 5) is 13.5. The molecule has 0 spiro atoms. The minimum atomic E-state index is -0.115. The molecule has 6 heteroatoms. The fourth-order valence-electron chi connectivity index (χ4n) is 1.35. The topological polar surface area (TPSA) is 66.3 Å². The molecule has 0 radical (unpaired) electrons. The fourth-order valence-corrected chi connectivity index (χ4v) is 1.78. The first kappa shape index (κ1) is 9.54. The van der Waals surface area contributed by atoms with Gasteiger partial charge in [0.15, 0.2) is 5.69 Å². The molecule has 0 atom stereocenters. The second-order valence-corrected chi connectivity index (χ2v) is 3.85. The lowest BCUT2D eigenvalue weighted by atomic mass is 10.3. The molecule has 1 aromatic heterocycles. The summed E-state index contributed by atoms with van der Waals surface area (Å²) in [5.41, 5.74) is 0.385. The summed E-state index contributed by atoms with van der Waals surface area (Å²) in [6.45, 7) is 0.390. The van der Waals surface area contributed by atoms with E-state index in [2.05, 4.69) is 9.59 Å². The summed E-state index contributed by atoms with van der Waals surface area (Å²) >= 11 is 1.16. The summed E-state index contributed by atoms with van der Waals surface area (Å²) in [5.74, 6) is -0.115. The van der Waals surface area contributed by atoms with Crippen LogP contribution in [0.3, 0.4) is 0 Å². The van der Waals surface area contributed by atoms with Crippen LogP contribution in [-0.2, 0) is 0 Å². The molecule has 1 fully saturated rings. The number of rotatable bonds is 4. The SMILES string of the molecule is O=C(c1csnn1)N(CCO)C1CC1. The predicted octanol–water partition coefficient (Wildman–Crippen LogP) is 0.135. The molecule has 76 valence electrons. The van der Waals surface area contributed by atoms with Crippen molar-refractivity contribution in [3.8, 4) is 0 Å². The standard InChI is InChI=1S/C8H11N3O2S/c12-4-3-11(6-1-2-6)8(13)7-5-14-10-9-7/h5-6,12H,1-4H2. The number of hydrogen-bond acceptors (Lipinski definition) is 5. The maximum Gasteiger partial charge on any atom is 0.275 e. The highest BCUT2D eigenvalue weighted by molar-refractivity contribution is 7.03. The molecule has 0 saturated heterocycles. The Morgan fingerprint density at radius 2 is 2.50 bits per heavy atom. The normalized spacial score (nSPS) is 15.5. The van der Waals surface area contributed by atoms with E-state index in [-0.39, 0.29) is 12.5 Å². The molecule has 1 heterocycles. The van der Waals surface area contributed by atoms with Crippen LogP contribution in [-0.4, -0.2) is 44.7 Å². The van der Waals surface area contributed by atoms with Crippen LogP contribution in [0.4, 0.5) is 0 Å². The van der Waals surface area contributed by atoms with Gasteiger partial charge in [-0.05, 0) is 24.4 Å². The van der Waals surface area contributed by atoms with Gasteiger partial charge >= 0.3 is 0 Å². The molecular weight excluding hydrogens is 202 g/mol. The van der Waals surface area contributed by atoms with Crippen LogP contribution in [0.25, 0.3) is 0 Å². The summed E-state index contributed by atoms with van der Waals surface area (Å²) < 4.78 is 3.65. The lowest BCUT2D eigenvalue weighted by Crippen LogP contribution is -2.35. The highest BCUT2D eigenvalue weighted by Gasteiger charge is 2.33. The maximum atomic E-state index is 11.8. The third-order valence-corrected chi connectivity index (χ3v) is 2.67. The molecule has 1 amide bonds. The molecule has 1 aliphatic carbocycles. The lowest BCUT2D eigenvalue weighted by Gasteiger charge is -2.19. The predicted molar refractivity (Wildman–Crippen MR) is 51.1 cm³/mol. The first-order valence-corrected chi connectivity index (χ1v) is 5.35. The quantitative estimate of drug-likeness (QED) is 0.772. The third-order valence-electron chi connectivity index (χ3n) is 2.17. The van der Waals surface area contributed by atoms with Crippen LogP contribution in [0.5, 0.6) is 0 Å². The highest BCUT2D eigenvalue weighted by atomic mass is 32.1. The second kappa shape index (κ2) is 4.02. The first-order valence-electron chi connectivity index (χ1n) is 4.52. The summed E-state index contributed by atoms with van der Waals surface area (Å²) in [6, 6.07) is 0.302. The van der Waals surface area contributed by atoms with E-state index in [1.807, 2.05) is 0 Å². The Morgan fingerprint density at radius 1 is 1.71 bits per heavy atom. The average molecular weight is 213 g/mol. The number of carbonyl (C=O) groups is 1. The average Bonchev–Trinajstić information content (AvgIpc) is 2.88. The van der Waals surface area contributed by atoms with Crippen molar-refractivity contribution in [3.05, 3.63) is 11.1 Å². The van der Waals surface area contributed by atoms with E-state index < -0.39 is 0 Å². The molecule has 2 rings (SSSR count). The van der Waals surface area contributed by atoms with Crippen molar-refractivity contribution in [1.29, 1.82) is 0 Å². The Kier molecular flexibility index (Phi) is 2.74. The van der Waals surface area contributed by atoms with E-state index in [1.54, 1.807) is 10.3 Å². The van der Waals surface area contributed by atoms with Crippen molar-refractivity contribution in [2.75, 3.05) is 13.2 Å².